The number of rotatable bonds is 10. The number of aromatic nitrogens is 1. The lowest BCUT2D eigenvalue weighted by Gasteiger charge is -2.31. The Morgan fingerprint density at radius 2 is 1.85 bits per heavy atom. The molecule has 0 atom stereocenters. The summed E-state index contributed by atoms with van der Waals surface area (Å²) in [6.45, 7) is 8.16. The average Bonchev–Trinajstić information content (AvgIpc) is 2.92. The van der Waals surface area contributed by atoms with Gasteiger partial charge in [0.2, 0.25) is 5.88 Å². The fraction of sp³-hybridized carbons (Fsp3) is 0.714. The third-order valence-corrected chi connectivity index (χ3v) is 4.90. The number of hydrogen-bond acceptors (Lipinski definition) is 5. The largest absolute Gasteiger partial charge is 0.475 e. The predicted molar refractivity (Wildman–Crippen MR) is 106 cm³/mol. The van der Waals surface area contributed by atoms with Crippen LogP contribution in [0, 0.1) is 6.92 Å². The maximum Gasteiger partial charge on any atom is 0.256 e. The van der Waals surface area contributed by atoms with Crippen LogP contribution in [0.25, 0.3) is 0 Å². The summed E-state index contributed by atoms with van der Waals surface area (Å²) in [4.78, 5) is 17.6. The predicted octanol–water partition coefficient (Wildman–Crippen LogP) is 4.26. The molecule has 2 rings (SSSR count). The van der Waals surface area contributed by atoms with Gasteiger partial charge in [0, 0.05) is 19.3 Å². The van der Waals surface area contributed by atoms with Crippen molar-refractivity contribution in [3.05, 3.63) is 17.8 Å². The molecule has 0 aliphatic heterocycles. The van der Waals surface area contributed by atoms with Crippen LogP contribution >= 0.6 is 0 Å². The lowest BCUT2D eigenvalue weighted by Crippen LogP contribution is -2.45. The molecule has 0 bridgehead atoms. The van der Waals surface area contributed by atoms with Crippen molar-refractivity contribution < 1.29 is 19.0 Å². The normalized spacial score (nSPS) is 16.6. The van der Waals surface area contributed by atoms with Crippen LogP contribution in [-0.4, -0.2) is 42.9 Å². The maximum atomic E-state index is 13.1. The fourth-order valence-corrected chi connectivity index (χ4v) is 3.37. The third-order valence-electron chi connectivity index (χ3n) is 4.90. The van der Waals surface area contributed by atoms with E-state index >= 15 is 0 Å². The first-order chi connectivity index (χ1) is 13.1. The quantitative estimate of drug-likeness (QED) is 0.486. The molecule has 0 aromatic carbocycles. The molecule has 6 nitrogen and oxygen atoms in total. The maximum absolute atomic E-state index is 13.1. The summed E-state index contributed by atoms with van der Waals surface area (Å²) >= 11 is 0. The van der Waals surface area contributed by atoms with E-state index in [0.29, 0.717) is 38.0 Å². The minimum Gasteiger partial charge on any atom is -0.475 e. The summed E-state index contributed by atoms with van der Waals surface area (Å²) in [6, 6.07) is 3.63. The highest BCUT2D eigenvalue weighted by Crippen LogP contribution is 2.32. The molecule has 1 saturated carbocycles. The number of nitrogens with zero attached hydrogens (tertiary/aromatic N) is 1. The Morgan fingerprint density at radius 1 is 1.11 bits per heavy atom. The minimum absolute atomic E-state index is 0.0484. The number of aryl methyl sites for hydroxylation is 1. The molecule has 1 fully saturated rings. The molecule has 0 spiro atoms. The van der Waals surface area contributed by atoms with Gasteiger partial charge in [-0.05, 0) is 39.2 Å². The molecule has 27 heavy (non-hydrogen) atoms. The molecule has 6 heteroatoms. The van der Waals surface area contributed by atoms with Gasteiger partial charge in [-0.1, -0.05) is 32.6 Å². The number of pyridine rings is 1. The second-order valence-corrected chi connectivity index (χ2v) is 7.04. The van der Waals surface area contributed by atoms with Crippen LogP contribution in [-0.2, 0) is 14.3 Å². The molecule has 1 N–H and O–H groups in total. The number of carbonyl (C=O) groups is 1. The monoisotopic (exact) mass is 378 g/mol. The lowest BCUT2D eigenvalue weighted by atomic mass is 9.92. The number of anilines is 1. The van der Waals surface area contributed by atoms with Gasteiger partial charge < -0.3 is 19.5 Å². The molecule has 1 aliphatic rings. The van der Waals surface area contributed by atoms with Crippen molar-refractivity contribution >= 4 is 11.6 Å². The lowest BCUT2D eigenvalue weighted by molar-refractivity contribution is -0.143. The highest BCUT2D eigenvalue weighted by molar-refractivity contribution is 5.97. The summed E-state index contributed by atoms with van der Waals surface area (Å²) in [5.41, 5.74) is 0.725. The second kappa shape index (κ2) is 11.2. The van der Waals surface area contributed by atoms with Crippen molar-refractivity contribution in [3.8, 4) is 5.88 Å². The zero-order chi connectivity index (χ0) is 19.5. The molecule has 0 radical (unpaired) electrons. The Bertz CT molecular complexity index is 584. The van der Waals surface area contributed by atoms with Gasteiger partial charge in [0.05, 0.1) is 18.0 Å². The van der Waals surface area contributed by atoms with Crippen LogP contribution in [0.1, 0.15) is 64.5 Å². The van der Waals surface area contributed by atoms with Gasteiger partial charge >= 0.3 is 0 Å². The zero-order valence-electron chi connectivity index (χ0n) is 17.0. The van der Waals surface area contributed by atoms with Crippen molar-refractivity contribution in [3.63, 3.8) is 0 Å². The van der Waals surface area contributed by atoms with Gasteiger partial charge in [-0.25, -0.2) is 4.98 Å². The van der Waals surface area contributed by atoms with E-state index < -0.39 is 5.60 Å². The smallest absolute Gasteiger partial charge is 0.256 e. The van der Waals surface area contributed by atoms with Crippen molar-refractivity contribution in [1.82, 2.24) is 4.98 Å². The average molecular weight is 379 g/mol. The molecule has 1 aromatic heterocycles. The molecular weight excluding hydrogens is 344 g/mol. The van der Waals surface area contributed by atoms with E-state index in [0.717, 1.165) is 37.8 Å². The van der Waals surface area contributed by atoms with Gasteiger partial charge in [0.25, 0.3) is 5.91 Å². The number of nitrogens with one attached hydrogen (secondary N) is 1. The van der Waals surface area contributed by atoms with Crippen molar-refractivity contribution in [2.24, 2.45) is 0 Å². The van der Waals surface area contributed by atoms with Crippen LogP contribution in [0.2, 0.25) is 0 Å². The number of ether oxygens (including phenoxy) is 3. The molecular formula is C21H34N2O4. The number of hydrogen-bond donors (Lipinski definition) is 1. The van der Waals surface area contributed by atoms with E-state index in [4.69, 9.17) is 14.2 Å². The Balaban J connectivity index is 2.03. The molecule has 1 amide bonds. The molecule has 1 heterocycles. The van der Waals surface area contributed by atoms with Crippen molar-refractivity contribution in [2.75, 3.05) is 31.7 Å². The van der Waals surface area contributed by atoms with Gasteiger partial charge in [0.1, 0.15) is 12.2 Å². The summed E-state index contributed by atoms with van der Waals surface area (Å²) in [5, 5.41) is 3.05. The highest BCUT2D eigenvalue weighted by atomic mass is 16.5. The van der Waals surface area contributed by atoms with E-state index in [-0.39, 0.29) is 5.91 Å². The van der Waals surface area contributed by atoms with Crippen molar-refractivity contribution in [1.29, 1.82) is 0 Å². The summed E-state index contributed by atoms with van der Waals surface area (Å²) in [6.07, 6.45) is 6.86. The Morgan fingerprint density at radius 3 is 2.48 bits per heavy atom. The van der Waals surface area contributed by atoms with Gasteiger partial charge in [0.15, 0.2) is 0 Å². The van der Waals surface area contributed by atoms with E-state index in [1.165, 1.54) is 12.8 Å². The van der Waals surface area contributed by atoms with Crippen LogP contribution in [0.4, 0.5) is 5.69 Å². The molecule has 0 saturated heterocycles. The standard InChI is InChI=1S/C21H34N2O4/c1-4-14-27-21(12-8-6-7-9-13-21)20(24)23-18-10-11-19(22-17(18)3)26-16-15-25-5-2/h10-11H,4-9,12-16H2,1-3H3,(H,23,24). The molecule has 1 aromatic rings. The van der Waals surface area contributed by atoms with E-state index in [1.54, 1.807) is 6.07 Å². The summed E-state index contributed by atoms with van der Waals surface area (Å²) in [7, 11) is 0. The summed E-state index contributed by atoms with van der Waals surface area (Å²) < 4.78 is 16.9. The molecule has 1 aliphatic carbocycles. The first kappa shape index (κ1) is 21.6. The zero-order valence-corrected chi connectivity index (χ0v) is 17.0. The van der Waals surface area contributed by atoms with E-state index in [9.17, 15) is 4.79 Å². The fourth-order valence-electron chi connectivity index (χ4n) is 3.37. The summed E-state index contributed by atoms with van der Waals surface area (Å²) in [5.74, 6) is 0.490. The second-order valence-electron chi connectivity index (χ2n) is 7.04. The van der Waals surface area contributed by atoms with Gasteiger partial charge in [-0.3, -0.25) is 4.79 Å². The van der Waals surface area contributed by atoms with Crippen LogP contribution < -0.4 is 10.1 Å². The number of amides is 1. The Kier molecular flexibility index (Phi) is 9.01. The molecule has 152 valence electrons. The first-order valence-corrected chi connectivity index (χ1v) is 10.2. The Hall–Kier alpha value is -1.66. The van der Waals surface area contributed by atoms with Crippen LogP contribution in [0.5, 0.6) is 5.88 Å². The van der Waals surface area contributed by atoms with Crippen LogP contribution in [0.3, 0.4) is 0 Å². The third kappa shape index (κ3) is 6.47. The van der Waals surface area contributed by atoms with Gasteiger partial charge in [-0.2, -0.15) is 0 Å². The van der Waals surface area contributed by atoms with Gasteiger partial charge in [-0.15, -0.1) is 0 Å². The number of carbonyl (C=O) groups excluding carboxylic acids is 1. The minimum atomic E-state index is -0.717. The highest BCUT2D eigenvalue weighted by Gasteiger charge is 2.39. The van der Waals surface area contributed by atoms with Crippen molar-refractivity contribution in [2.45, 2.75) is 71.3 Å². The first-order valence-electron chi connectivity index (χ1n) is 10.2. The SMILES string of the molecule is CCCOC1(C(=O)Nc2ccc(OCCOCC)nc2C)CCCCCC1. The van der Waals surface area contributed by atoms with E-state index in [2.05, 4.69) is 17.2 Å². The molecule has 0 unspecified atom stereocenters. The topological polar surface area (TPSA) is 69.7 Å². The Labute approximate surface area is 163 Å². The van der Waals surface area contributed by atoms with Crippen LogP contribution in [0.15, 0.2) is 12.1 Å². The van der Waals surface area contributed by atoms with E-state index in [1.807, 2.05) is 19.9 Å².